The van der Waals surface area contributed by atoms with Crippen molar-refractivity contribution in [3.05, 3.63) is 89.0 Å². The van der Waals surface area contributed by atoms with Gasteiger partial charge in [-0.3, -0.25) is 4.79 Å². The first-order valence-electron chi connectivity index (χ1n) is 11.2. The first-order chi connectivity index (χ1) is 17.2. The molecule has 0 aliphatic rings. The van der Waals surface area contributed by atoms with Gasteiger partial charge in [0, 0.05) is 0 Å². The lowest BCUT2D eigenvalue weighted by Gasteiger charge is -2.18. The van der Waals surface area contributed by atoms with Crippen LogP contribution in [-0.2, 0) is 26.0 Å². The summed E-state index contributed by atoms with van der Waals surface area (Å²) in [7, 11) is -2.78. The quantitative estimate of drug-likeness (QED) is 0.340. The zero-order valence-electron chi connectivity index (χ0n) is 20.0. The lowest BCUT2D eigenvalue weighted by molar-refractivity contribution is -0.120. The van der Waals surface area contributed by atoms with Crippen LogP contribution in [0.1, 0.15) is 52.7 Å². The highest BCUT2D eigenvalue weighted by Gasteiger charge is 2.27. The third kappa shape index (κ3) is 5.60. The zero-order valence-corrected chi connectivity index (χ0v) is 21.6. The predicted octanol–water partition coefficient (Wildman–Crippen LogP) is 4.43. The second-order valence-corrected chi connectivity index (χ2v) is 10.9. The van der Waals surface area contributed by atoms with Crippen molar-refractivity contribution < 1.29 is 22.7 Å². The summed E-state index contributed by atoms with van der Waals surface area (Å²) in [6, 6.07) is 18.4. The number of carbonyl (C=O) groups excluding carboxylic acids is 2. The Morgan fingerprint density at radius 3 is 2.19 bits per heavy atom. The van der Waals surface area contributed by atoms with Crippen molar-refractivity contribution in [2.24, 2.45) is 0 Å². The maximum absolute atomic E-state index is 13.4. The van der Waals surface area contributed by atoms with E-state index >= 15 is 0 Å². The molecule has 0 saturated carbocycles. The maximum atomic E-state index is 13.4. The van der Waals surface area contributed by atoms with Gasteiger partial charge < -0.3 is 4.74 Å². The topological polar surface area (TPSA) is 115 Å². The fourth-order valence-electron chi connectivity index (χ4n) is 3.80. The molecule has 36 heavy (non-hydrogen) atoms. The molecule has 1 amide bonds. The van der Waals surface area contributed by atoms with E-state index in [4.69, 9.17) is 4.74 Å². The normalized spacial score (nSPS) is 12.4. The molecule has 0 radical (unpaired) electrons. The molecular weight excluding hydrogens is 498 g/mol. The lowest BCUT2D eigenvalue weighted by atomic mass is 9.91. The number of benzene rings is 3. The number of esters is 1. The van der Waals surface area contributed by atoms with Gasteiger partial charge in [-0.2, -0.15) is 8.75 Å². The summed E-state index contributed by atoms with van der Waals surface area (Å²) in [4.78, 5) is 25.2. The van der Waals surface area contributed by atoms with E-state index in [0.29, 0.717) is 22.2 Å². The number of rotatable bonds is 8. The van der Waals surface area contributed by atoms with Gasteiger partial charge in [-0.25, -0.2) is 17.9 Å². The van der Waals surface area contributed by atoms with Crippen molar-refractivity contribution in [1.82, 2.24) is 13.5 Å². The molecular formula is C26H25N3O5S2. The van der Waals surface area contributed by atoms with Crippen LogP contribution >= 0.6 is 11.7 Å². The lowest BCUT2D eigenvalue weighted by Crippen LogP contribution is -2.35. The molecule has 186 valence electrons. The molecule has 3 aromatic carbocycles. The Morgan fingerprint density at radius 2 is 1.56 bits per heavy atom. The second-order valence-electron chi connectivity index (χ2n) is 8.65. The predicted molar refractivity (Wildman–Crippen MR) is 138 cm³/mol. The van der Waals surface area contributed by atoms with Crippen molar-refractivity contribution in [2.75, 3.05) is 7.11 Å². The molecule has 1 atom stereocenters. The van der Waals surface area contributed by atoms with Crippen LogP contribution in [0.3, 0.4) is 0 Å². The van der Waals surface area contributed by atoms with Gasteiger partial charge in [-0.15, -0.1) is 0 Å². The van der Waals surface area contributed by atoms with E-state index in [1.807, 2.05) is 13.8 Å². The Balaban J connectivity index is 1.64. The van der Waals surface area contributed by atoms with Crippen LogP contribution in [0.2, 0.25) is 0 Å². The Kier molecular flexibility index (Phi) is 7.46. The van der Waals surface area contributed by atoms with Crippen molar-refractivity contribution in [3.63, 3.8) is 0 Å². The molecule has 0 spiro atoms. The fourth-order valence-corrected chi connectivity index (χ4v) is 5.34. The van der Waals surface area contributed by atoms with Crippen LogP contribution in [0.25, 0.3) is 11.0 Å². The number of carbonyl (C=O) groups is 2. The Morgan fingerprint density at radius 1 is 0.917 bits per heavy atom. The fraction of sp³-hybridized carbons (Fsp3) is 0.231. The number of ether oxygens (including phenoxy) is 1. The van der Waals surface area contributed by atoms with Gasteiger partial charge >= 0.3 is 5.97 Å². The average molecular weight is 524 g/mol. The van der Waals surface area contributed by atoms with E-state index < -0.39 is 27.8 Å². The molecule has 0 aliphatic carbocycles. The van der Waals surface area contributed by atoms with Crippen LogP contribution in [0.5, 0.6) is 0 Å². The third-order valence-corrected chi connectivity index (χ3v) is 7.82. The molecule has 0 aliphatic heterocycles. The first-order valence-corrected chi connectivity index (χ1v) is 13.5. The number of hydrogen-bond donors (Lipinski definition) is 1. The van der Waals surface area contributed by atoms with Crippen LogP contribution < -0.4 is 4.72 Å². The molecule has 1 unspecified atom stereocenters. The molecule has 4 aromatic rings. The maximum Gasteiger partial charge on any atom is 0.337 e. The van der Waals surface area contributed by atoms with Crippen LogP contribution in [-0.4, -0.2) is 36.2 Å². The number of hydrogen-bond acceptors (Lipinski definition) is 8. The number of methoxy groups -OCH3 is 1. The van der Waals surface area contributed by atoms with Crippen LogP contribution in [0, 0.1) is 0 Å². The largest absolute Gasteiger partial charge is 0.465 e. The van der Waals surface area contributed by atoms with E-state index in [-0.39, 0.29) is 17.2 Å². The summed E-state index contributed by atoms with van der Waals surface area (Å²) >= 11 is 1.06. The third-order valence-electron chi connectivity index (χ3n) is 5.90. The number of sulfonamides is 1. The number of fused-ring (bicyclic) bond motifs is 1. The van der Waals surface area contributed by atoms with Crippen molar-refractivity contribution in [1.29, 1.82) is 0 Å². The second kappa shape index (κ2) is 10.5. The minimum absolute atomic E-state index is 0.0144. The summed E-state index contributed by atoms with van der Waals surface area (Å²) in [5.41, 5.74) is 4.06. The molecule has 0 saturated heterocycles. The average Bonchev–Trinajstić information content (AvgIpc) is 3.35. The summed E-state index contributed by atoms with van der Waals surface area (Å²) in [5, 5.41) is 0. The standard InChI is InChI=1S/C26H25N3O5S2/c1-16(2)18-8-11-21(12-9-18)36(32,33)29-25(30)22(20-10-13-23-24(15-20)28-35-27-23)14-17-4-6-19(7-5-17)26(31)34-3/h4-13,15-16,22H,14H2,1-3H3,(H,29,30). The van der Waals surface area contributed by atoms with E-state index in [0.717, 1.165) is 22.9 Å². The number of nitrogens with zero attached hydrogens (tertiary/aromatic N) is 2. The minimum atomic E-state index is -4.09. The summed E-state index contributed by atoms with van der Waals surface area (Å²) in [5.74, 6) is -1.71. The van der Waals surface area contributed by atoms with Gasteiger partial charge in [0.2, 0.25) is 5.91 Å². The summed E-state index contributed by atoms with van der Waals surface area (Å²) in [6.45, 7) is 4.03. The first kappa shape index (κ1) is 25.5. The van der Waals surface area contributed by atoms with Gasteiger partial charge in [0.1, 0.15) is 11.0 Å². The van der Waals surface area contributed by atoms with E-state index in [2.05, 4.69) is 13.5 Å². The van der Waals surface area contributed by atoms with Gasteiger partial charge in [-0.1, -0.05) is 44.2 Å². The van der Waals surface area contributed by atoms with Gasteiger partial charge in [0.25, 0.3) is 10.0 Å². The van der Waals surface area contributed by atoms with E-state index in [1.54, 1.807) is 54.6 Å². The highest BCUT2D eigenvalue weighted by molar-refractivity contribution is 7.90. The van der Waals surface area contributed by atoms with Gasteiger partial charge in [0.15, 0.2) is 0 Å². The van der Waals surface area contributed by atoms with Crippen molar-refractivity contribution in [2.45, 2.75) is 37.0 Å². The molecule has 10 heteroatoms. The molecule has 4 rings (SSSR count). The van der Waals surface area contributed by atoms with Crippen LogP contribution in [0.15, 0.2) is 71.6 Å². The van der Waals surface area contributed by atoms with E-state index in [1.165, 1.54) is 19.2 Å². The van der Waals surface area contributed by atoms with Gasteiger partial charge in [0.05, 0.1) is 35.2 Å². The minimum Gasteiger partial charge on any atom is -0.465 e. The Hall–Kier alpha value is -3.63. The van der Waals surface area contributed by atoms with Crippen LogP contribution in [0.4, 0.5) is 0 Å². The van der Waals surface area contributed by atoms with Gasteiger partial charge in [-0.05, 0) is 65.4 Å². The molecule has 1 N–H and O–H groups in total. The zero-order chi connectivity index (χ0) is 25.9. The summed E-state index contributed by atoms with van der Waals surface area (Å²) < 4.78 is 41.5. The molecule has 0 fully saturated rings. The van der Waals surface area contributed by atoms with E-state index in [9.17, 15) is 18.0 Å². The molecule has 8 nitrogen and oxygen atoms in total. The smallest absolute Gasteiger partial charge is 0.337 e. The highest BCUT2D eigenvalue weighted by atomic mass is 32.2. The van der Waals surface area contributed by atoms with Crippen molar-refractivity contribution >= 4 is 44.7 Å². The number of nitrogens with one attached hydrogen (secondary N) is 1. The highest BCUT2D eigenvalue weighted by Crippen LogP contribution is 2.26. The number of amides is 1. The van der Waals surface area contributed by atoms with Crippen molar-refractivity contribution in [3.8, 4) is 0 Å². The molecule has 1 aromatic heterocycles. The molecule has 1 heterocycles. The summed E-state index contributed by atoms with van der Waals surface area (Å²) in [6.07, 6.45) is 0.207. The number of aromatic nitrogens is 2. The Bertz CT molecular complexity index is 1490. The Labute approximate surface area is 213 Å². The monoisotopic (exact) mass is 523 g/mol. The molecule has 0 bridgehead atoms. The SMILES string of the molecule is COC(=O)c1ccc(CC(C(=O)NS(=O)(=O)c2ccc(C(C)C)cc2)c2ccc3nsnc3c2)cc1.